The van der Waals surface area contributed by atoms with Gasteiger partial charge in [-0.2, -0.15) is 0 Å². The lowest BCUT2D eigenvalue weighted by Crippen LogP contribution is -2.34. The topological polar surface area (TPSA) is 105 Å². The SMILES string of the molecule is CCNC(=O)Nc1nc2c(F)c(-c3csc(CNC(C)C(=O)OCC)c3)cc(-c3ccccn3)c2s1. The summed E-state index contributed by atoms with van der Waals surface area (Å²) in [6, 6.07) is 8.35. The Kier molecular flexibility index (Phi) is 8.24. The second-order valence-electron chi connectivity index (χ2n) is 7.84. The van der Waals surface area contributed by atoms with Gasteiger partial charge in [-0.1, -0.05) is 17.4 Å². The van der Waals surface area contributed by atoms with Gasteiger partial charge in [0.25, 0.3) is 0 Å². The highest BCUT2D eigenvalue weighted by Crippen LogP contribution is 2.41. The van der Waals surface area contributed by atoms with Crippen LogP contribution in [0.4, 0.5) is 14.3 Å². The molecule has 3 heterocycles. The molecule has 11 heteroatoms. The van der Waals surface area contributed by atoms with Gasteiger partial charge in [-0.3, -0.25) is 20.4 Å². The molecule has 36 heavy (non-hydrogen) atoms. The maximum atomic E-state index is 15.8. The normalized spacial score (nSPS) is 11.9. The number of carbonyl (C=O) groups excluding carboxylic acids is 2. The molecule has 0 spiro atoms. The highest BCUT2D eigenvalue weighted by Gasteiger charge is 2.21. The van der Waals surface area contributed by atoms with Crippen molar-refractivity contribution in [2.24, 2.45) is 0 Å². The number of halogens is 1. The van der Waals surface area contributed by atoms with Crippen molar-refractivity contribution in [3.63, 3.8) is 0 Å². The van der Waals surface area contributed by atoms with E-state index in [4.69, 9.17) is 4.74 Å². The fourth-order valence-corrected chi connectivity index (χ4v) is 5.36. The van der Waals surface area contributed by atoms with Crippen LogP contribution in [0.5, 0.6) is 0 Å². The van der Waals surface area contributed by atoms with Crippen molar-refractivity contribution in [3.05, 3.63) is 52.6 Å². The summed E-state index contributed by atoms with van der Waals surface area (Å²) in [7, 11) is 0. The van der Waals surface area contributed by atoms with Crippen LogP contribution in [-0.4, -0.2) is 41.2 Å². The summed E-state index contributed by atoms with van der Waals surface area (Å²) in [6.07, 6.45) is 1.68. The van der Waals surface area contributed by atoms with E-state index >= 15 is 4.39 Å². The Bertz CT molecular complexity index is 1370. The first kappa shape index (κ1) is 25.7. The third kappa shape index (κ3) is 5.69. The number of ether oxygens (including phenoxy) is 1. The number of benzene rings is 1. The summed E-state index contributed by atoms with van der Waals surface area (Å²) in [5.74, 6) is -0.784. The number of fused-ring (bicyclic) bond motifs is 1. The molecule has 2 amide bonds. The van der Waals surface area contributed by atoms with Crippen LogP contribution in [0.3, 0.4) is 0 Å². The first-order valence-corrected chi connectivity index (χ1v) is 13.2. The lowest BCUT2D eigenvalue weighted by atomic mass is 10.0. The fourth-order valence-electron chi connectivity index (χ4n) is 3.55. The molecule has 3 aromatic heterocycles. The molecule has 0 radical (unpaired) electrons. The van der Waals surface area contributed by atoms with Gasteiger partial charge in [0.2, 0.25) is 0 Å². The number of urea groups is 1. The Labute approximate surface area is 215 Å². The summed E-state index contributed by atoms with van der Waals surface area (Å²) in [4.78, 5) is 33.7. The average Bonchev–Trinajstić information content (AvgIpc) is 3.51. The van der Waals surface area contributed by atoms with Crippen LogP contribution in [-0.2, 0) is 16.1 Å². The molecule has 3 N–H and O–H groups in total. The minimum atomic E-state index is -0.470. The van der Waals surface area contributed by atoms with Crippen LogP contribution in [0.2, 0.25) is 0 Å². The number of hydrogen-bond donors (Lipinski definition) is 3. The highest BCUT2D eigenvalue weighted by atomic mass is 32.1. The molecule has 4 aromatic rings. The summed E-state index contributed by atoms with van der Waals surface area (Å²) in [6.45, 7) is 6.55. The summed E-state index contributed by atoms with van der Waals surface area (Å²) in [5.41, 5.74) is 2.66. The van der Waals surface area contributed by atoms with E-state index in [2.05, 4.69) is 25.9 Å². The molecule has 188 valence electrons. The first-order chi connectivity index (χ1) is 17.4. The molecule has 1 atom stereocenters. The zero-order valence-corrected chi connectivity index (χ0v) is 21.7. The third-order valence-electron chi connectivity index (χ3n) is 5.29. The van der Waals surface area contributed by atoms with Gasteiger partial charge in [-0.15, -0.1) is 11.3 Å². The van der Waals surface area contributed by atoms with Crippen molar-refractivity contribution in [3.8, 4) is 22.4 Å². The maximum Gasteiger partial charge on any atom is 0.322 e. The van der Waals surface area contributed by atoms with E-state index in [0.29, 0.717) is 46.3 Å². The van der Waals surface area contributed by atoms with Crippen LogP contribution in [0.15, 0.2) is 41.9 Å². The lowest BCUT2D eigenvalue weighted by molar-refractivity contribution is -0.145. The van der Waals surface area contributed by atoms with Gasteiger partial charge in [0.05, 0.1) is 17.0 Å². The van der Waals surface area contributed by atoms with E-state index in [1.807, 2.05) is 36.6 Å². The number of hydrogen-bond acceptors (Lipinski definition) is 8. The largest absolute Gasteiger partial charge is 0.465 e. The van der Waals surface area contributed by atoms with Gasteiger partial charge in [-0.25, -0.2) is 14.2 Å². The van der Waals surface area contributed by atoms with Crippen LogP contribution < -0.4 is 16.0 Å². The number of esters is 1. The van der Waals surface area contributed by atoms with E-state index in [-0.39, 0.29) is 11.5 Å². The molecule has 1 unspecified atom stereocenters. The standard InChI is InChI=1S/C25H26FN5O3S2/c1-4-27-24(33)31-25-30-21-20(26)17(11-18(22(21)36-25)19-8-6-7-9-28-19)15-10-16(35-13-15)12-29-14(3)23(32)34-5-2/h6-11,13-14,29H,4-5,12H2,1-3H3,(H2,27,30,31,33). The Morgan fingerprint density at radius 3 is 2.75 bits per heavy atom. The van der Waals surface area contributed by atoms with E-state index in [1.165, 1.54) is 22.7 Å². The van der Waals surface area contributed by atoms with Crippen LogP contribution in [0, 0.1) is 5.82 Å². The van der Waals surface area contributed by atoms with Gasteiger partial charge in [-0.05, 0) is 56.0 Å². The van der Waals surface area contributed by atoms with Crippen molar-refractivity contribution in [2.75, 3.05) is 18.5 Å². The fraction of sp³-hybridized carbons (Fsp3) is 0.280. The molecule has 0 aliphatic rings. The molecular formula is C25H26FN5O3S2. The number of carbonyl (C=O) groups is 2. The molecule has 0 bridgehead atoms. The van der Waals surface area contributed by atoms with Crippen molar-refractivity contribution in [1.29, 1.82) is 0 Å². The molecule has 0 saturated carbocycles. The number of rotatable bonds is 9. The number of pyridine rings is 1. The Morgan fingerprint density at radius 2 is 2.03 bits per heavy atom. The van der Waals surface area contributed by atoms with Gasteiger partial charge in [0.15, 0.2) is 10.9 Å². The van der Waals surface area contributed by atoms with Crippen molar-refractivity contribution in [1.82, 2.24) is 20.6 Å². The Hall–Kier alpha value is -3.41. The van der Waals surface area contributed by atoms with Crippen LogP contribution >= 0.6 is 22.7 Å². The van der Waals surface area contributed by atoms with Crippen molar-refractivity contribution >= 4 is 50.0 Å². The minimum Gasteiger partial charge on any atom is -0.465 e. The second kappa shape index (κ2) is 11.5. The number of nitrogens with one attached hydrogen (secondary N) is 3. The number of anilines is 1. The van der Waals surface area contributed by atoms with Crippen LogP contribution in [0.1, 0.15) is 25.6 Å². The van der Waals surface area contributed by atoms with Crippen LogP contribution in [0.25, 0.3) is 32.6 Å². The van der Waals surface area contributed by atoms with Gasteiger partial charge >= 0.3 is 12.0 Å². The molecule has 0 aliphatic carbocycles. The highest BCUT2D eigenvalue weighted by molar-refractivity contribution is 7.22. The summed E-state index contributed by atoms with van der Waals surface area (Å²) < 4.78 is 21.4. The quantitative estimate of drug-likeness (QED) is 0.252. The number of amides is 2. The predicted octanol–water partition coefficient (Wildman–Crippen LogP) is 5.41. The molecule has 0 fully saturated rings. The predicted molar refractivity (Wildman–Crippen MR) is 142 cm³/mol. The van der Waals surface area contributed by atoms with E-state index in [9.17, 15) is 9.59 Å². The van der Waals surface area contributed by atoms with Crippen molar-refractivity contribution < 1.29 is 18.7 Å². The second-order valence-corrected chi connectivity index (χ2v) is 9.83. The van der Waals surface area contributed by atoms with Crippen molar-refractivity contribution in [2.45, 2.75) is 33.4 Å². The first-order valence-electron chi connectivity index (χ1n) is 11.5. The maximum absolute atomic E-state index is 15.8. The molecule has 4 rings (SSSR count). The van der Waals surface area contributed by atoms with E-state index < -0.39 is 17.9 Å². The molecule has 0 aliphatic heterocycles. The zero-order valence-electron chi connectivity index (χ0n) is 20.1. The average molecular weight is 528 g/mol. The Morgan fingerprint density at radius 1 is 1.19 bits per heavy atom. The summed E-state index contributed by atoms with van der Waals surface area (Å²) >= 11 is 2.67. The molecule has 0 saturated heterocycles. The smallest absolute Gasteiger partial charge is 0.322 e. The summed E-state index contributed by atoms with van der Waals surface area (Å²) in [5, 5.41) is 10.6. The molecular weight excluding hydrogens is 501 g/mol. The number of nitrogens with zero attached hydrogens (tertiary/aromatic N) is 2. The monoisotopic (exact) mass is 527 g/mol. The van der Waals surface area contributed by atoms with E-state index in [0.717, 1.165) is 10.4 Å². The molecule has 1 aromatic carbocycles. The molecule has 8 nitrogen and oxygen atoms in total. The number of thiophene rings is 1. The number of aromatic nitrogens is 2. The van der Waals surface area contributed by atoms with Gasteiger partial charge < -0.3 is 10.1 Å². The van der Waals surface area contributed by atoms with Gasteiger partial charge in [0, 0.05) is 35.3 Å². The lowest BCUT2D eigenvalue weighted by Gasteiger charge is -2.11. The zero-order chi connectivity index (χ0) is 25.7. The minimum absolute atomic E-state index is 0.173. The Balaban J connectivity index is 1.70. The number of thiazole rings is 1. The van der Waals surface area contributed by atoms with E-state index in [1.54, 1.807) is 26.1 Å². The van der Waals surface area contributed by atoms with Gasteiger partial charge in [0.1, 0.15) is 11.6 Å². The third-order valence-corrected chi connectivity index (χ3v) is 7.23.